The van der Waals surface area contributed by atoms with E-state index in [1.54, 1.807) is 0 Å². The van der Waals surface area contributed by atoms with Crippen molar-refractivity contribution < 1.29 is 9.90 Å². The van der Waals surface area contributed by atoms with Crippen LogP contribution in [0.15, 0.2) is 0 Å². The van der Waals surface area contributed by atoms with Gasteiger partial charge in [0.1, 0.15) is 5.54 Å². The maximum Gasteiger partial charge on any atom is 0.324 e. The van der Waals surface area contributed by atoms with Crippen molar-refractivity contribution in [3.8, 4) is 0 Å². The van der Waals surface area contributed by atoms with Crippen LogP contribution in [0.1, 0.15) is 65.2 Å². The topological polar surface area (TPSA) is 40.5 Å². The zero-order valence-corrected chi connectivity index (χ0v) is 11.8. The number of hydrogen-bond acceptors (Lipinski definition) is 2. The molecule has 1 aliphatic carbocycles. The van der Waals surface area contributed by atoms with Crippen LogP contribution in [0.25, 0.3) is 0 Å². The molecule has 0 aromatic rings. The van der Waals surface area contributed by atoms with Crippen molar-refractivity contribution in [3.63, 3.8) is 0 Å². The lowest BCUT2D eigenvalue weighted by atomic mass is 9.80. The van der Waals surface area contributed by atoms with Gasteiger partial charge in [-0.25, -0.2) is 0 Å². The molecule has 1 saturated heterocycles. The van der Waals surface area contributed by atoms with Crippen molar-refractivity contribution in [3.05, 3.63) is 0 Å². The van der Waals surface area contributed by atoms with Gasteiger partial charge >= 0.3 is 5.97 Å². The molecule has 2 fully saturated rings. The highest BCUT2D eigenvalue weighted by atomic mass is 16.4. The number of carbonyl (C=O) groups is 1. The van der Waals surface area contributed by atoms with E-state index in [1.807, 2.05) is 0 Å². The quantitative estimate of drug-likeness (QED) is 0.789. The summed E-state index contributed by atoms with van der Waals surface area (Å²) >= 11 is 0. The van der Waals surface area contributed by atoms with Crippen LogP contribution in [-0.4, -0.2) is 34.1 Å². The molecular formula is C15H27NO2. The maximum atomic E-state index is 11.8. The van der Waals surface area contributed by atoms with Crippen LogP contribution < -0.4 is 0 Å². The van der Waals surface area contributed by atoms with Crippen LogP contribution in [0.4, 0.5) is 0 Å². The summed E-state index contributed by atoms with van der Waals surface area (Å²) in [5.41, 5.74) is -0.558. The summed E-state index contributed by atoms with van der Waals surface area (Å²) in [7, 11) is 0. The molecule has 2 aliphatic rings. The number of likely N-dealkylation sites (tertiary alicyclic amines) is 1. The number of hydrogen-bond donors (Lipinski definition) is 1. The molecular weight excluding hydrogens is 226 g/mol. The third-order valence-electron chi connectivity index (χ3n) is 5.03. The van der Waals surface area contributed by atoms with E-state index in [0.29, 0.717) is 6.04 Å². The van der Waals surface area contributed by atoms with Crippen molar-refractivity contribution >= 4 is 5.97 Å². The van der Waals surface area contributed by atoms with Crippen molar-refractivity contribution in [2.45, 2.75) is 76.8 Å². The molecule has 1 saturated carbocycles. The lowest BCUT2D eigenvalue weighted by molar-refractivity contribution is -0.152. The van der Waals surface area contributed by atoms with Crippen LogP contribution in [-0.2, 0) is 4.79 Å². The first-order valence-electron chi connectivity index (χ1n) is 7.60. The standard InChI is InChI=1S/C15H27NO2/c1-3-8-15(14(17)18)9-5-10-16(15)12(2)11-13-6-4-7-13/h12-13H,3-11H2,1-2H3,(H,17,18). The predicted octanol–water partition coefficient (Wildman–Crippen LogP) is 3.28. The minimum absolute atomic E-state index is 0.431. The van der Waals surface area contributed by atoms with E-state index < -0.39 is 11.5 Å². The smallest absolute Gasteiger partial charge is 0.324 e. The van der Waals surface area contributed by atoms with Gasteiger partial charge in [-0.3, -0.25) is 9.69 Å². The zero-order valence-electron chi connectivity index (χ0n) is 11.8. The Morgan fingerprint density at radius 2 is 2.17 bits per heavy atom. The van der Waals surface area contributed by atoms with Crippen LogP contribution in [0.2, 0.25) is 0 Å². The van der Waals surface area contributed by atoms with Crippen LogP contribution in [0.5, 0.6) is 0 Å². The number of nitrogens with zero attached hydrogens (tertiary/aromatic N) is 1. The fourth-order valence-electron chi connectivity index (χ4n) is 3.90. The van der Waals surface area contributed by atoms with Crippen LogP contribution in [0.3, 0.4) is 0 Å². The van der Waals surface area contributed by atoms with E-state index in [4.69, 9.17) is 0 Å². The summed E-state index contributed by atoms with van der Waals surface area (Å²) in [4.78, 5) is 14.1. The molecule has 2 unspecified atom stereocenters. The Balaban J connectivity index is 2.05. The van der Waals surface area contributed by atoms with Crippen molar-refractivity contribution in [1.82, 2.24) is 4.90 Å². The fraction of sp³-hybridized carbons (Fsp3) is 0.933. The molecule has 0 spiro atoms. The van der Waals surface area contributed by atoms with Crippen LogP contribution >= 0.6 is 0 Å². The molecule has 0 amide bonds. The summed E-state index contributed by atoms with van der Waals surface area (Å²) in [5, 5.41) is 9.68. The van der Waals surface area contributed by atoms with Gasteiger partial charge in [0.2, 0.25) is 0 Å². The van der Waals surface area contributed by atoms with E-state index in [2.05, 4.69) is 18.7 Å². The largest absolute Gasteiger partial charge is 0.480 e. The van der Waals surface area contributed by atoms with Gasteiger partial charge in [0.25, 0.3) is 0 Å². The third-order valence-corrected chi connectivity index (χ3v) is 5.03. The highest BCUT2D eigenvalue weighted by Gasteiger charge is 2.48. The molecule has 0 aromatic carbocycles. The SMILES string of the molecule is CCCC1(C(=O)O)CCCN1C(C)CC1CCC1. The summed E-state index contributed by atoms with van der Waals surface area (Å²) in [6.07, 6.45) is 8.91. The van der Waals surface area contributed by atoms with E-state index in [0.717, 1.165) is 38.1 Å². The first-order chi connectivity index (χ1) is 8.60. The Hall–Kier alpha value is -0.570. The molecule has 1 heterocycles. The summed E-state index contributed by atoms with van der Waals surface area (Å²) < 4.78 is 0. The van der Waals surface area contributed by atoms with Gasteiger partial charge in [-0.05, 0) is 45.1 Å². The molecule has 3 heteroatoms. The highest BCUT2D eigenvalue weighted by molar-refractivity contribution is 5.79. The molecule has 2 atom stereocenters. The molecule has 0 aromatic heterocycles. The first-order valence-corrected chi connectivity index (χ1v) is 7.60. The summed E-state index contributed by atoms with van der Waals surface area (Å²) in [5.74, 6) is 0.260. The Morgan fingerprint density at radius 1 is 1.44 bits per heavy atom. The molecule has 0 radical (unpaired) electrons. The number of carboxylic acid groups (broad SMARTS) is 1. The van der Waals surface area contributed by atoms with Gasteiger partial charge in [-0.15, -0.1) is 0 Å². The second-order valence-electron chi connectivity index (χ2n) is 6.27. The van der Waals surface area contributed by atoms with Crippen LogP contribution in [0, 0.1) is 5.92 Å². The fourth-order valence-corrected chi connectivity index (χ4v) is 3.90. The number of carboxylic acids is 1. The molecule has 1 N–H and O–H groups in total. The van der Waals surface area contributed by atoms with Gasteiger partial charge in [-0.1, -0.05) is 32.6 Å². The first kappa shape index (κ1) is 13.9. The molecule has 2 rings (SSSR count). The lowest BCUT2D eigenvalue weighted by Gasteiger charge is -2.41. The zero-order chi connectivity index (χ0) is 13.2. The summed E-state index contributed by atoms with van der Waals surface area (Å²) in [6.45, 7) is 5.30. The van der Waals surface area contributed by atoms with Gasteiger partial charge in [0.05, 0.1) is 0 Å². The Morgan fingerprint density at radius 3 is 2.67 bits per heavy atom. The average Bonchev–Trinajstić information content (AvgIpc) is 2.69. The predicted molar refractivity (Wildman–Crippen MR) is 72.6 cm³/mol. The molecule has 0 bridgehead atoms. The third kappa shape index (κ3) is 2.42. The number of rotatable bonds is 6. The van der Waals surface area contributed by atoms with Gasteiger partial charge < -0.3 is 5.11 Å². The highest BCUT2D eigenvalue weighted by Crippen LogP contribution is 2.39. The van der Waals surface area contributed by atoms with E-state index in [9.17, 15) is 9.90 Å². The van der Waals surface area contributed by atoms with Gasteiger partial charge in [0.15, 0.2) is 0 Å². The monoisotopic (exact) mass is 253 g/mol. The molecule has 104 valence electrons. The second-order valence-corrected chi connectivity index (χ2v) is 6.27. The van der Waals surface area contributed by atoms with Crippen molar-refractivity contribution in [2.75, 3.05) is 6.54 Å². The van der Waals surface area contributed by atoms with Crippen molar-refractivity contribution in [2.24, 2.45) is 5.92 Å². The second kappa shape index (κ2) is 5.60. The average molecular weight is 253 g/mol. The van der Waals surface area contributed by atoms with Gasteiger partial charge in [0, 0.05) is 6.04 Å². The van der Waals surface area contributed by atoms with Crippen molar-refractivity contribution in [1.29, 1.82) is 0 Å². The Bertz CT molecular complexity index is 301. The van der Waals surface area contributed by atoms with Gasteiger partial charge in [-0.2, -0.15) is 0 Å². The Labute approximate surface area is 111 Å². The molecule has 3 nitrogen and oxygen atoms in total. The summed E-state index contributed by atoms with van der Waals surface area (Å²) in [6, 6.07) is 0.431. The van der Waals surface area contributed by atoms with E-state index in [-0.39, 0.29) is 0 Å². The van der Waals surface area contributed by atoms with E-state index in [1.165, 1.54) is 25.7 Å². The number of aliphatic carboxylic acids is 1. The maximum absolute atomic E-state index is 11.8. The normalized spacial score (nSPS) is 31.2. The minimum Gasteiger partial charge on any atom is -0.480 e. The lowest BCUT2D eigenvalue weighted by Crippen LogP contribution is -2.54. The Kier molecular flexibility index (Phi) is 4.31. The minimum atomic E-state index is -0.595. The molecule has 18 heavy (non-hydrogen) atoms. The van der Waals surface area contributed by atoms with E-state index >= 15 is 0 Å². The molecule has 1 aliphatic heterocycles.